The quantitative estimate of drug-likeness (QED) is 0.237. The largest absolute Gasteiger partial charge is 0.508 e. The van der Waals surface area contributed by atoms with Crippen molar-refractivity contribution in [3.63, 3.8) is 0 Å². The summed E-state index contributed by atoms with van der Waals surface area (Å²) >= 11 is 0. The number of phenolic OH excluding ortho intramolecular Hbond substituents is 1. The van der Waals surface area contributed by atoms with Gasteiger partial charge in [0.05, 0.1) is 19.3 Å². The molecular formula is C20H30O11. The number of phenols is 1. The second kappa shape index (κ2) is 10.5. The van der Waals surface area contributed by atoms with E-state index in [0.717, 1.165) is 5.56 Å². The van der Waals surface area contributed by atoms with Crippen LogP contribution in [0, 0.1) is 0 Å². The fraction of sp³-hybridized carbons (Fsp3) is 0.700. The van der Waals surface area contributed by atoms with E-state index in [2.05, 4.69) is 0 Å². The molecule has 0 bridgehead atoms. The minimum atomic E-state index is -1.68. The first-order valence-electron chi connectivity index (χ1n) is 10.1. The summed E-state index contributed by atoms with van der Waals surface area (Å²) in [5.41, 5.74) is 0.894. The van der Waals surface area contributed by atoms with Crippen LogP contribution in [-0.4, -0.2) is 110 Å². The van der Waals surface area contributed by atoms with E-state index < -0.39 is 68.0 Å². The number of aliphatic hydroxyl groups is 6. The van der Waals surface area contributed by atoms with Gasteiger partial charge in [-0.3, -0.25) is 0 Å². The lowest BCUT2D eigenvalue weighted by Gasteiger charge is -2.45. The molecule has 7 N–H and O–H groups in total. The van der Waals surface area contributed by atoms with E-state index in [4.69, 9.17) is 18.9 Å². The maximum absolute atomic E-state index is 10.6. The molecule has 2 saturated heterocycles. The molecule has 31 heavy (non-hydrogen) atoms. The van der Waals surface area contributed by atoms with Crippen molar-refractivity contribution >= 4 is 0 Å². The minimum absolute atomic E-state index is 0.145. The SMILES string of the molecule is C[C@@H]1O[C@@H](OCCc2ccc(O)cc2)[C@H](O)[C@H](O[C@@H]2O[C@H](CO)[C@@H](O)[C@H](O)[C@H]2O)[C@H]1O. The molecule has 11 nitrogen and oxygen atoms in total. The van der Waals surface area contributed by atoms with Gasteiger partial charge in [0.2, 0.25) is 0 Å². The van der Waals surface area contributed by atoms with Gasteiger partial charge in [-0.15, -0.1) is 0 Å². The maximum atomic E-state index is 10.6. The maximum Gasteiger partial charge on any atom is 0.187 e. The van der Waals surface area contributed by atoms with Crippen LogP contribution in [0.4, 0.5) is 0 Å². The fourth-order valence-electron chi connectivity index (χ4n) is 3.59. The first kappa shape index (κ1) is 24.3. The second-order valence-electron chi connectivity index (χ2n) is 7.78. The predicted molar refractivity (Wildman–Crippen MR) is 103 cm³/mol. The highest BCUT2D eigenvalue weighted by Crippen LogP contribution is 2.29. The van der Waals surface area contributed by atoms with Gasteiger partial charge >= 0.3 is 0 Å². The van der Waals surface area contributed by atoms with Crippen LogP contribution in [0.25, 0.3) is 0 Å². The Kier molecular flexibility index (Phi) is 8.21. The molecule has 0 unspecified atom stereocenters. The van der Waals surface area contributed by atoms with Crippen LogP contribution in [0.3, 0.4) is 0 Å². The molecule has 0 radical (unpaired) electrons. The van der Waals surface area contributed by atoms with Gasteiger partial charge in [-0.1, -0.05) is 12.1 Å². The Bertz CT molecular complexity index is 684. The number of hydrogen-bond acceptors (Lipinski definition) is 11. The van der Waals surface area contributed by atoms with Gasteiger partial charge in [0.25, 0.3) is 0 Å². The fourth-order valence-corrected chi connectivity index (χ4v) is 3.59. The summed E-state index contributed by atoms with van der Waals surface area (Å²) in [7, 11) is 0. The number of aromatic hydroxyl groups is 1. The number of aliphatic hydroxyl groups excluding tert-OH is 6. The van der Waals surface area contributed by atoms with E-state index in [1.165, 1.54) is 0 Å². The van der Waals surface area contributed by atoms with Gasteiger partial charge in [-0.2, -0.15) is 0 Å². The number of ether oxygens (including phenoxy) is 4. The molecule has 0 amide bonds. The third-order valence-corrected chi connectivity index (χ3v) is 5.53. The Morgan fingerprint density at radius 1 is 0.839 bits per heavy atom. The van der Waals surface area contributed by atoms with Crippen LogP contribution in [0.1, 0.15) is 12.5 Å². The zero-order valence-corrected chi connectivity index (χ0v) is 17.0. The normalized spacial score (nSPS) is 41.3. The lowest BCUT2D eigenvalue weighted by Crippen LogP contribution is -2.64. The molecule has 3 rings (SSSR count). The summed E-state index contributed by atoms with van der Waals surface area (Å²) < 4.78 is 22.0. The zero-order chi connectivity index (χ0) is 22.7. The lowest BCUT2D eigenvalue weighted by atomic mass is 9.97. The first-order valence-corrected chi connectivity index (χ1v) is 10.1. The highest BCUT2D eigenvalue weighted by molar-refractivity contribution is 5.25. The van der Waals surface area contributed by atoms with Crippen LogP contribution in [0.5, 0.6) is 5.75 Å². The minimum Gasteiger partial charge on any atom is -0.508 e. The van der Waals surface area contributed by atoms with E-state index in [9.17, 15) is 35.7 Å². The van der Waals surface area contributed by atoms with Gasteiger partial charge in [-0.05, 0) is 31.0 Å². The van der Waals surface area contributed by atoms with Gasteiger partial charge in [0, 0.05) is 0 Å². The highest BCUT2D eigenvalue weighted by atomic mass is 16.7. The second-order valence-corrected chi connectivity index (χ2v) is 7.78. The third-order valence-electron chi connectivity index (χ3n) is 5.53. The van der Waals surface area contributed by atoms with E-state index in [1.54, 1.807) is 31.2 Å². The molecule has 0 saturated carbocycles. The standard InChI is InChI=1S/C20H30O11/c1-9-13(23)18(31-20-16(26)15(25)14(24)12(8-21)30-20)17(27)19(29-9)28-7-6-10-2-4-11(22)5-3-10/h2-5,9,12-27H,6-8H2,1H3/t9-,12+,13-,14+,15-,16+,17+,18+,19+,20-/m0/s1. The van der Waals surface area contributed by atoms with Crippen molar-refractivity contribution in [2.75, 3.05) is 13.2 Å². The average Bonchev–Trinajstić information content (AvgIpc) is 2.76. The molecule has 0 spiro atoms. The van der Waals surface area contributed by atoms with E-state index in [-0.39, 0.29) is 12.4 Å². The summed E-state index contributed by atoms with van der Waals surface area (Å²) in [5, 5.41) is 69.6. The Balaban J connectivity index is 1.62. The zero-order valence-electron chi connectivity index (χ0n) is 17.0. The molecule has 176 valence electrons. The molecule has 2 heterocycles. The highest BCUT2D eigenvalue weighted by Gasteiger charge is 2.50. The van der Waals surface area contributed by atoms with E-state index >= 15 is 0 Å². The van der Waals surface area contributed by atoms with Crippen molar-refractivity contribution < 1.29 is 54.7 Å². The average molecular weight is 446 g/mol. The van der Waals surface area contributed by atoms with Crippen LogP contribution in [0.15, 0.2) is 24.3 Å². The molecule has 11 heteroatoms. The molecule has 2 aliphatic heterocycles. The molecule has 2 aliphatic rings. The Labute approximate surface area is 179 Å². The summed E-state index contributed by atoms with van der Waals surface area (Å²) in [6.07, 6.45) is -13.1. The smallest absolute Gasteiger partial charge is 0.187 e. The summed E-state index contributed by atoms with van der Waals surface area (Å²) in [4.78, 5) is 0. The summed E-state index contributed by atoms with van der Waals surface area (Å²) in [6, 6.07) is 6.55. The van der Waals surface area contributed by atoms with Crippen LogP contribution in [0.2, 0.25) is 0 Å². The summed E-state index contributed by atoms with van der Waals surface area (Å²) in [6.45, 7) is 1.09. The Morgan fingerprint density at radius 3 is 2.16 bits per heavy atom. The van der Waals surface area contributed by atoms with Crippen molar-refractivity contribution in [3.8, 4) is 5.75 Å². The molecule has 2 fully saturated rings. The van der Waals surface area contributed by atoms with Crippen molar-refractivity contribution in [1.29, 1.82) is 0 Å². The van der Waals surface area contributed by atoms with Crippen molar-refractivity contribution in [3.05, 3.63) is 29.8 Å². The van der Waals surface area contributed by atoms with E-state index in [1.807, 2.05) is 0 Å². The number of benzene rings is 1. The monoisotopic (exact) mass is 446 g/mol. The molecule has 0 aromatic heterocycles. The Hall–Kier alpha value is -1.38. The number of hydrogen-bond donors (Lipinski definition) is 7. The molecule has 1 aromatic carbocycles. The first-order chi connectivity index (χ1) is 14.7. The van der Waals surface area contributed by atoms with Crippen molar-refractivity contribution in [2.24, 2.45) is 0 Å². The Morgan fingerprint density at radius 2 is 1.52 bits per heavy atom. The van der Waals surface area contributed by atoms with Crippen molar-refractivity contribution in [1.82, 2.24) is 0 Å². The van der Waals surface area contributed by atoms with Crippen LogP contribution >= 0.6 is 0 Å². The van der Waals surface area contributed by atoms with E-state index in [0.29, 0.717) is 6.42 Å². The third kappa shape index (κ3) is 5.52. The molecule has 0 aliphatic carbocycles. The van der Waals surface area contributed by atoms with Crippen molar-refractivity contribution in [2.45, 2.75) is 74.8 Å². The number of rotatable bonds is 7. The van der Waals surface area contributed by atoms with Gasteiger partial charge in [0.15, 0.2) is 12.6 Å². The van der Waals surface area contributed by atoms with Crippen LogP contribution in [-0.2, 0) is 25.4 Å². The van der Waals surface area contributed by atoms with Gasteiger partial charge < -0.3 is 54.7 Å². The topological polar surface area (TPSA) is 179 Å². The summed E-state index contributed by atoms with van der Waals surface area (Å²) in [5.74, 6) is 0.145. The lowest BCUT2D eigenvalue weighted by molar-refractivity contribution is -0.357. The molecular weight excluding hydrogens is 416 g/mol. The molecule has 10 atom stereocenters. The predicted octanol–water partition coefficient (Wildman–Crippen LogP) is -2.40. The molecule has 1 aromatic rings. The van der Waals surface area contributed by atoms with Gasteiger partial charge in [-0.25, -0.2) is 0 Å². The van der Waals surface area contributed by atoms with Gasteiger partial charge in [0.1, 0.15) is 48.5 Å². The van der Waals surface area contributed by atoms with Crippen LogP contribution < -0.4 is 0 Å².